The van der Waals surface area contributed by atoms with E-state index in [0.29, 0.717) is 11.4 Å². The maximum absolute atomic E-state index is 5.94. The van der Waals surface area contributed by atoms with Gasteiger partial charge in [0.1, 0.15) is 0 Å². The molecule has 0 heterocycles. The number of nitrogen functional groups attached to an aromatic ring is 2. The van der Waals surface area contributed by atoms with Crippen LogP contribution in [0.25, 0.3) is 0 Å². The minimum atomic E-state index is 0.651. The zero-order valence-electron chi connectivity index (χ0n) is 12.1. The monoisotopic (exact) mass is 270 g/mol. The molecule has 4 heteroatoms. The molecule has 2 aromatic carbocycles. The fourth-order valence-corrected chi connectivity index (χ4v) is 2.19. The number of nitrogens with two attached hydrogens (primary N) is 2. The predicted molar refractivity (Wildman–Crippen MR) is 88.6 cm³/mol. The van der Waals surface area contributed by atoms with E-state index in [9.17, 15) is 0 Å². The number of nitrogens with one attached hydrogen (secondary N) is 1. The van der Waals surface area contributed by atoms with Crippen LogP contribution in [0.1, 0.15) is 13.8 Å². The normalized spacial score (nSPS) is 10.3. The smallest absolute Gasteiger partial charge is 0.0619 e. The van der Waals surface area contributed by atoms with Crippen LogP contribution in [-0.4, -0.2) is 13.1 Å². The van der Waals surface area contributed by atoms with Crippen LogP contribution in [0.2, 0.25) is 0 Å². The van der Waals surface area contributed by atoms with E-state index in [0.717, 1.165) is 24.5 Å². The molecule has 0 atom stereocenters. The van der Waals surface area contributed by atoms with E-state index in [1.165, 1.54) is 5.69 Å². The molecule has 0 unspecified atom stereocenters. The second kappa shape index (κ2) is 6.19. The highest BCUT2D eigenvalue weighted by Gasteiger charge is 2.03. The summed E-state index contributed by atoms with van der Waals surface area (Å²) in [5.41, 5.74) is 16.1. The van der Waals surface area contributed by atoms with Crippen molar-refractivity contribution in [2.75, 3.05) is 34.8 Å². The first-order chi connectivity index (χ1) is 9.63. The van der Waals surface area contributed by atoms with Crippen LogP contribution in [0.4, 0.5) is 28.4 Å². The van der Waals surface area contributed by atoms with Gasteiger partial charge in [-0.3, -0.25) is 0 Å². The molecule has 0 spiro atoms. The third-order valence-corrected chi connectivity index (χ3v) is 3.35. The Morgan fingerprint density at radius 2 is 1.60 bits per heavy atom. The predicted octanol–water partition coefficient (Wildman–Crippen LogP) is 3.44. The fraction of sp³-hybridized carbons (Fsp3) is 0.250. The van der Waals surface area contributed by atoms with Crippen LogP contribution in [0.15, 0.2) is 42.5 Å². The van der Waals surface area contributed by atoms with Crippen molar-refractivity contribution < 1.29 is 0 Å². The highest BCUT2D eigenvalue weighted by atomic mass is 15.1. The van der Waals surface area contributed by atoms with Gasteiger partial charge in [0.15, 0.2) is 0 Å². The van der Waals surface area contributed by atoms with Gasteiger partial charge in [-0.25, -0.2) is 0 Å². The van der Waals surface area contributed by atoms with E-state index in [2.05, 4.69) is 48.3 Å². The van der Waals surface area contributed by atoms with E-state index in [4.69, 9.17) is 11.5 Å². The van der Waals surface area contributed by atoms with E-state index in [1.807, 2.05) is 12.1 Å². The summed E-state index contributed by atoms with van der Waals surface area (Å²) in [5.74, 6) is 0. The molecule has 0 bridgehead atoms. The number of nitrogens with zero attached hydrogens (tertiary/aromatic N) is 1. The maximum Gasteiger partial charge on any atom is 0.0619 e. The largest absolute Gasteiger partial charge is 0.399 e. The van der Waals surface area contributed by atoms with Gasteiger partial charge in [-0.2, -0.15) is 0 Å². The Morgan fingerprint density at radius 1 is 0.950 bits per heavy atom. The maximum atomic E-state index is 5.94. The minimum absolute atomic E-state index is 0.651. The van der Waals surface area contributed by atoms with E-state index < -0.39 is 0 Å². The van der Waals surface area contributed by atoms with Crippen molar-refractivity contribution in [3.63, 3.8) is 0 Å². The third-order valence-electron chi connectivity index (χ3n) is 3.35. The summed E-state index contributed by atoms with van der Waals surface area (Å²) in [6, 6.07) is 13.8. The van der Waals surface area contributed by atoms with Gasteiger partial charge in [-0.1, -0.05) is 0 Å². The summed E-state index contributed by atoms with van der Waals surface area (Å²) in [6.45, 7) is 6.33. The third kappa shape index (κ3) is 3.15. The van der Waals surface area contributed by atoms with Gasteiger partial charge in [-0.05, 0) is 56.3 Å². The number of hydrogen-bond donors (Lipinski definition) is 3. The number of rotatable bonds is 5. The van der Waals surface area contributed by atoms with Crippen LogP contribution in [-0.2, 0) is 0 Å². The average molecular weight is 270 g/mol. The topological polar surface area (TPSA) is 67.3 Å². The zero-order valence-corrected chi connectivity index (χ0v) is 12.1. The molecule has 0 amide bonds. The molecule has 0 aliphatic rings. The summed E-state index contributed by atoms with van der Waals surface area (Å²) in [4.78, 5) is 2.31. The Labute approximate surface area is 120 Å². The molecule has 5 N–H and O–H groups in total. The Hall–Kier alpha value is -2.36. The van der Waals surface area contributed by atoms with Gasteiger partial charge in [0, 0.05) is 30.2 Å². The highest BCUT2D eigenvalue weighted by molar-refractivity contribution is 5.76. The molecule has 4 nitrogen and oxygen atoms in total. The zero-order chi connectivity index (χ0) is 14.5. The van der Waals surface area contributed by atoms with Crippen LogP contribution in [0, 0.1) is 0 Å². The Balaban J connectivity index is 2.14. The minimum Gasteiger partial charge on any atom is -0.399 e. The molecule has 0 aliphatic heterocycles. The van der Waals surface area contributed by atoms with Gasteiger partial charge < -0.3 is 21.7 Å². The summed E-state index contributed by atoms with van der Waals surface area (Å²) in [7, 11) is 0. The van der Waals surface area contributed by atoms with Gasteiger partial charge in [0.05, 0.1) is 11.4 Å². The van der Waals surface area contributed by atoms with Crippen molar-refractivity contribution in [1.82, 2.24) is 0 Å². The van der Waals surface area contributed by atoms with Crippen LogP contribution < -0.4 is 21.7 Å². The summed E-state index contributed by atoms with van der Waals surface area (Å²) >= 11 is 0. The molecule has 0 saturated heterocycles. The van der Waals surface area contributed by atoms with Crippen molar-refractivity contribution >= 4 is 28.4 Å². The lowest BCUT2D eigenvalue weighted by atomic mass is 10.2. The van der Waals surface area contributed by atoms with E-state index in [-0.39, 0.29) is 0 Å². The summed E-state index contributed by atoms with van der Waals surface area (Å²) in [5, 5.41) is 3.30. The molecular weight excluding hydrogens is 248 g/mol. The summed E-state index contributed by atoms with van der Waals surface area (Å²) in [6.07, 6.45) is 0. The molecule has 0 saturated carbocycles. The number of hydrogen-bond acceptors (Lipinski definition) is 4. The lowest BCUT2D eigenvalue weighted by Gasteiger charge is -2.21. The van der Waals surface area contributed by atoms with Gasteiger partial charge in [-0.15, -0.1) is 0 Å². The molecule has 0 radical (unpaired) electrons. The molecule has 106 valence electrons. The van der Waals surface area contributed by atoms with Crippen molar-refractivity contribution in [1.29, 1.82) is 0 Å². The first-order valence-corrected chi connectivity index (χ1v) is 6.91. The van der Waals surface area contributed by atoms with Crippen LogP contribution >= 0.6 is 0 Å². The van der Waals surface area contributed by atoms with Crippen molar-refractivity contribution in [3.05, 3.63) is 42.5 Å². The number of anilines is 5. The fourth-order valence-electron chi connectivity index (χ4n) is 2.19. The van der Waals surface area contributed by atoms with Crippen LogP contribution in [0.5, 0.6) is 0 Å². The van der Waals surface area contributed by atoms with Gasteiger partial charge in [0.25, 0.3) is 0 Å². The van der Waals surface area contributed by atoms with Gasteiger partial charge in [0.2, 0.25) is 0 Å². The number of benzene rings is 2. The second-order valence-electron chi connectivity index (χ2n) is 4.69. The lowest BCUT2D eigenvalue weighted by molar-refractivity contribution is 0.866. The Kier molecular flexibility index (Phi) is 4.35. The quantitative estimate of drug-likeness (QED) is 0.728. The first kappa shape index (κ1) is 14.1. The van der Waals surface area contributed by atoms with E-state index in [1.54, 1.807) is 6.07 Å². The molecule has 2 rings (SSSR count). The average Bonchev–Trinajstić information content (AvgIpc) is 2.45. The van der Waals surface area contributed by atoms with Gasteiger partial charge >= 0.3 is 0 Å². The Morgan fingerprint density at radius 3 is 2.15 bits per heavy atom. The molecule has 0 aromatic heterocycles. The molecule has 0 aliphatic carbocycles. The van der Waals surface area contributed by atoms with Crippen molar-refractivity contribution in [2.45, 2.75) is 13.8 Å². The first-order valence-electron chi connectivity index (χ1n) is 6.91. The molecular formula is C16H22N4. The van der Waals surface area contributed by atoms with Crippen molar-refractivity contribution in [2.24, 2.45) is 0 Å². The van der Waals surface area contributed by atoms with E-state index >= 15 is 0 Å². The molecule has 0 fully saturated rings. The molecule has 20 heavy (non-hydrogen) atoms. The Bertz CT molecular complexity index is 559. The van der Waals surface area contributed by atoms with Crippen LogP contribution in [0.3, 0.4) is 0 Å². The SMILES string of the molecule is CCN(CC)c1ccc(Nc2ccc(N)cc2N)cc1. The standard InChI is InChI=1S/C16H22N4/c1-3-20(4-2)14-8-6-13(7-9-14)19-16-10-5-12(17)11-15(16)18/h5-11,19H,3-4,17-18H2,1-2H3. The van der Waals surface area contributed by atoms with Crippen molar-refractivity contribution in [3.8, 4) is 0 Å². The highest BCUT2D eigenvalue weighted by Crippen LogP contribution is 2.26. The lowest BCUT2D eigenvalue weighted by Crippen LogP contribution is -2.21. The molecule has 2 aromatic rings. The second-order valence-corrected chi connectivity index (χ2v) is 4.69. The summed E-state index contributed by atoms with van der Waals surface area (Å²) < 4.78 is 0.